The van der Waals surface area contributed by atoms with Crippen LogP contribution in [0.1, 0.15) is 84.1 Å². The number of rotatable bonds is 4. The molecule has 6 rings (SSSR count). The van der Waals surface area contributed by atoms with Crippen LogP contribution < -0.4 is 5.63 Å². The third-order valence-corrected chi connectivity index (χ3v) is 11.9. The molecule has 42 heavy (non-hydrogen) atoms. The Bertz CT molecular complexity index is 1270. The molecule has 3 saturated carbocycles. The van der Waals surface area contributed by atoms with Gasteiger partial charge in [0, 0.05) is 18.4 Å². The van der Waals surface area contributed by atoms with E-state index < -0.39 is 53.5 Å². The predicted molar refractivity (Wildman–Crippen MR) is 149 cm³/mol. The third kappa shape index (κ3) is 4.44. The van der Waals surface area contributed by atoms with E-state index in [1.165, 1.54) is 24.8 Å². The Morgan fingerprint density at radius 1 is 1.02 bits per heavy atom. The number of fused-ring (bicyclic) bond motifs is 5. The van der Waals surface area contributed by atoms with E-state index in [1.807, 2.05) is 6.92 Å². The molecule has 10 heteroatoms. The van der Waals surface area contributed by atoms with Gasteiger partial charge in [-0.05, 0) is 86.7 Å². The van der Waals surface area contributed by atoms with Crippen LogP contribution >= 0.6 is 0 Å². The highest BCUT2D eigenvalue weighted by Gasteiger charge is 2.71. The zero-order valence-corrected chi connectivity index (χ0v) is 24.8. The van der Waals surface area contributed by atoms with E-state index in [0.717, 1.165) is 24.8 Å². The number of hydrogen-bond donors (Lipinski definition) is 4. The Hall–Kier alpha value is -2.08. The fourth-order valence-electron chi connectivity index (χ4n) is 9.50. The van der Waals surface area contributed by atoms with Crippen molar-refractivity contribution in [2.24, 2.45) is 22.7 Å². The molecule has 10 nitrogen and oxygen atoms in total. The molecule has 1 saturated heterocycles. The van der Waals surface area contributed by atoms with Crippen molar-refractivity contribution in [1.82, 2.24) is 0 Å². The molecule has 0 aromatic carbocycles. The van der Waals surface area contributed by atoms with Gasteiger partial charge in [0.05, 0.1) is 24.1 Å². The van der Waals surface area contributed by atoms with Crippen LogP contribution in [0.15, 0.2) is 39.3 Å². The summed E-state index contributed by atoms with van der Waals surface area (Å²) in [6.07, 6.45) is 1.98. The summed E-state index contributed by atoms with van der Waals surface area (Å²) in [5.41, 5.74) is -0.440. The van der Waals surface area contributed by atoms with Crippen LogP contribution in [0.2, 0.25) is 0 Å². The molecule has 1 aromatic heterocycles. The van der Waals surface area contributed by atoms with Crippen molar-refractivity contribution in [2.45, 2.75) is 127 Å². The zero-order valence-electron chi connectivity index (χ0n) is 24.8. The van der Waals surface area contributed by atoms with E-state index in [0.29, 0.717) is 25.7 Å². The number of aliphatic hydroxyl groups excluding tert-OH is 3. The van der Waals surface area contributed by atoms with Gasteiger partial charge in [-0.25, -0.2) is 4.79 Å². The maximum atomic E-state index is 12.7. The summed E-state index contributed by atoms with van der Waals surface area (Å²) < 4.78 is 23.1. The van der Waals surface area contributed by atoms with Crippen molar-refractivity contribution in [3.63, 3.8) is 0 Å². The monoisotopic (exact) mass is 588 g/mol. The van der Waals surface area contributed by atoms with Crippen LogP contribution in [-0.4, -0.2) is 74.9 Å². The maximum Gasteiger partial charge on any atom is 0.335 e. The van der Waals surface area contributed by atoms with Gasteiger partial charge in [-0.15, -0.1) is 0 Å². The van der Waals surface area contributed by atoms with E-state index in [9.17, 15) is 30.0 Å². The Morgan fingerprint density at radius 2 is 1.79 bits per heavy atom. The molecule has 2 heterocycles. The lowest BCUT2D eigenvalue weighted by Crippen LogP contribution is -2.66. The lowest BCUT2D eigenvalue weighted by Gasteiger charge is -2.63. The van der Waals surface area contributed by atoms with Crippen molar-refractivity contribution < 1.29 is 43.8 Å². The topological polar surface area (TPSA) is 156 Å². The van der Waals surface area contributed by atoms with Crippen molar-refractivity contribution in [3.05, 3.63) is 46.0 Å². The van der Waals surface area contributed by atoms with E-state index >= 15 is 0 Å². The molecule has 232 valence electrons. The lowest BCUT2D eigenvalue weighted by molar-refractivity contribution is -0.301. The van der Waals surface area contributed by atoms with Gasteiger partial charge in [-0.2, -0.15) is 0 Å². The molecule has 5 aliphatic rings. The first-order valence-electron chi connectivity index (χ1n) is 15.3. The number of aliphatic hydroxyl groups is 4. The molecule has 13 atom stereocenters. The summed E-state index contributed by atoms with van der Waals surface area (Å²) in [6, 6.07) is 3.17. The van der Waals surface area contributed by atoms with E-state index in [4.69, 9.17) is 18.6 Å². The second-order valence-electron chi connectivity index (χ2n) is 13.8. The molecule has 3 unspecified atom stereocenters. The van der Waals surface area contributed by atoms with Gasteiger partial charge in [0.1, 0.15) is 24.4 Å². The van der Waals surface area contributed by atoms with Gasteiger partial charge in [0.25, 0.3) is 0 Å². The molecule has 1 aliphatic heterocycles. The first-order valence-corrected chi connectivity index (χ1v) is 15.3. The second-order valence-corrected chi connectivity index (χ2v) is 13.8. The lowest BCUT2D eigenvalue weighted by atomic mass is 9.44. The van der Waals surface area contributed by atoms with Gasteiger partial charge in [-0.1, -0.05) is 25.5 Å². The first kappa shape index (κ1) is 30.0. The quantitative estimate of drug-likeness (QED) is 0.305. The van der Waals surface area contributed by atoms with Gasteiger partial charge in [0.2, 0.25) is 0 Å². The summed E-state index contributed by atoms with van der Waals surface area (Å²) in [6.45, 7) is 7.33. The Balaban J connectivity index is 1.29. The highest BCUT2D eigenvalue weighted by atomic mass is 16.7. The van der Waals surface area contributed by atoms with Gasteiger partial charge in [0.15, 0.2) is 6.29 Å². The van der Waals surface area contributed by atoms with Crippen LogP contribution in [0.5, 0.6) is 0 Å². The molecule has 0 spiro atoms. The summed E-state index contributed by atoms with van der Waals surface area (Å²) in [4.78, 5) is 24.1. The normalized spacial score (nSPS) is 48.4. The van der Waals surface area contributed by atoms with E-state index in [2.05, 4.69) is 13.0 Å². The largest absolute Gasteiger partial charge is 0.462 e. The average molecular weight is 589 g/mol. The van der Waals surface area contributed by atoms with Crippen molar-refractivity contribution in [3.8, 4) is 0 Å². The maximum absolute atomic E-state index is 12.7. The fraction of sp³-hybridized carbons (Fsp3) is 0.750. The highest BCUT2D eigenvalue weighted by molar-refractivity contribution is 5.66. The molecule has 4 fully saturated rings. The molecular formula is C32H44O10. The van der Waals surface area contributed by atoms with Gasteiger partial charge < -0.3 is 39.1 Å². The van der Waals surface area contributed by atoms with Crippen molar-refractivity contribution in [1.29, 1.82) is 0 Å². The smallest absolute Gasteiger partial charge is 0.335 e. The fourth-order valence-corrected chi connectivity index (χ4v) is 9.50. The molecule has 1 aromatic rings. The minimum Gasteiger partial charge on any atom is -0.462 e. The first-order chi connectivity index (χ1) is 19.8. The molecule has 0 bridgehead atoms. The van der Waals surface area contributed by atoms with Crippen LogP contribution in [-0.2, 0) is 19.0 Å². The number of ether oxygens (including phenoxy) is 3. The molecule has 4 N–H and O–H groups in total. The molecule has 4 aliphatic carbocycles. The average Bonchev–Trinajstić information content (AvgIpc) is 3.23. The number of hydrogen-bond acceptors (Lipinski definition) is 10. The number of allylic oxidation sites excluding steroid dienone is 1. The molecule has 0 amide bonds. The van der Waals surface area contributed by atoms with Crippen LogP contribution in [0.25, 0.3) is 0 Å². The Kier molecular flexibility index (Phi) is 7.51. The minimum atomic E-state index is -1.36. The number of carbonyl (C=O) groups excluding carboxylic acids is 1. The minimum absolute atomic E-state index is 0.00405. The number of carbonyl (C=O) groups is 1. The van der Waals surface area contributed by atoms with Crippen LogP contribution in [0.4, 0.5) is 0 Å². The van der Waals surface area contributed by atoms with E-state index in [-0.39, 0.29) is 35.2 Å². The summed E-state index contributed by atoms with van der Waals surface area (Å²) >= 11 is 0. The predicted octanol–water partition coefficient (Wildman–Crippen LogP) is 2.56. The standard InChI is InChI=1S/C32H44O10/c1-16-26(35)27(36)28(37)29(40-16)42-20-9-11-30(3)19(13-20)6-7-22-23(30)14-24(41-17(2)33)31(4)21(10-12-32(22,31)38)18-5-8-25(34)39-15-18/h5,8,13,15-16,20-24,26-29,35-38H,6-7,9-12,14H2,1-4H3/t16-,20-,21?,22+,23?,24?,26-,27+,28+,29-,30-,31-,32-/m0/s1. The van der Waals surface area contributed by atoms with Crippen LogP contribution in [0.3, 0.4) is 0 Å². The summed E-state index contributed by atoms with van der Waals surface area (Å²) in [7, 11) is 0. The SMILES string of the molecule is CC(=O)OC1CC2[C@@H](CCC3=C[C@@H](O[C@@H]4O[C@@H](C)[C@H](O)[C@@H](O)[C@H]4O)CC[C@@]32C)[C@@]2(O)CCC(c3ccc(=O)oc3)[C@@]12C. The van der Waals surface area contributed by atoms with Gasteiger partial charge in [-0.3, -0.25) is 4.79 Å². The van der Waals surface area contributed by atoms with Crippen LogP contribution in [0, 0.1) is 22.7 Å². The molecule has 0 radical (unpaired) electrons. The van der Waals surface area contributed by atoms with Gasteiger partial charge >= 0.3 is 11.6 Å². The third-order valence-electron chi connectivity index (χ3n) is 11.9. The highest BCUT2D eigenvalue weighted by Crippen LogP contribution is 2.70. The second kappa shape index (κ2) is 10.5. The van der Waals surface area contributed by atoms with Crippen molar-refractivity contribution >= 4 is 5.97 Å². The zero-order chi connectivity index (χ0) is 30.2. The Morgan fingerprint density at radius 3 is 2.48 bits per heavy atom. The Labute approximate surface area is 245 Å². The van der Waals surface area contributed by atoms with E-state index in [1.54, 1.807) is 13.0 Å². The van der Waals surface area contributed by atoms with Crippen molar-refractivity contribution in [2.75, 3.05) is 0 Å². The summed E-state index contributed by atoms with van der Waals surface area (Å²) in [5.74, 6) is -0.449. The molecular weight excluding hydrogens is 544 g/mol. The number of esters is 1. The summed E-state index contributed by atoms with van der Waals surface area (Å²) in [5, 5.41) is 43.4.